The van der Waals surface area contributed by atoms with Crippen molar-refractivity contribution >= 4 is 22.8 Å². The van der Waals surface area contributed by atoms with Gasteiger partial charge in [0.2, 0.25) is 11.8 Å². The molecule has 1 aromatic heterocycles. The predicted octanol–water partition coefficient (Wildman–Crippen LogP) is 2.40. The van der Waals surface area contributed by atoms with Crippen LogP contribution in [0.3, 0.4) is 0 Å². The smallest absolute Gasteiger partial charge is 0.239 e. The van der Waals surface area contributed by atoms with Gasteiger partial charge in [-0.15, -0.1) is 0 Å². The van der Waals surface area contributed by atoms with E-state index in [0.29, 0.717) is 19.5 Å². The summed E-state index contributed by atoms with van der Waals surface area (Å²) in [6.45, 7) is 1.48. The fourth-order valence-corrected chi connectivity index (χ4v) is 3.22. The monoisotopic (exact) mass is 342 g/mol. The van der Waals surface area contributed by atoms with E-state index in [1.54, 1.807) is 4.90 Å². The Hall–Kier alpha value is -2.37. The number of H-pyrrole nitrogens is 1. The minimum atomic E-state index is -0.0708. The van der Waals surface area contributed by atoms with Crippen LogP contribution in [0.1, 0.15) is 44.3 Å². The van der Waals surface area contributed by atoms with Crippen molar-refractivity contribution in [2.75, 3.05) is 19.6 Å². The van der Waals surface area contributed by atoms with Crippen LogP contribution in [0.15, 0.2) is 24.3 Å². The van der Waals surface area contributed by atoms with Crippen molar-refractivity contribution in [3.05, 3.63) is 30.1 Å². The number of hydrogen-bond acceptors (Lipinski definition) is 3. The van der Waals surface area contributed by atoms with Gasteiger partial charge in [0.15, 0.2) is 0 Å². The largest absolute Gasteiger partial charge is 0.355 e. The number of benzene rings is 1. The summed E-state index contributed by atoms with van der Waals surface area (Å²) < 4.78 is 0. The SMILES string of the molecule is O=C(CN1CCCCCCC1=O)NCCCc1nc2ccccc2[nH]1. The predicted molar refractivity (Wildman–Crippen MR) is 97.1 cm³/mol. The number of fused-ring (bicyclic) bond motifs is 1. The molecule has 2 amide bonds. The Morgan fingerprint density at radius 2 is 2.04 bits per heavy atom. The number of rotatable bonds is 6. The normalized spacial score (nSPS) is 15.8. The molecule has 6 heteroatoms. The van der Waals surface area contributed by atoms with Gasteiger partial charge in [-0.1, -0.05) is 25.0 Å². The van der Waals surface area contributed by atoms with Crippen LogP contribution in [0.4, 0.5) is 0 Å². The van der Waals surface area contributed by atoms with Gasteiger partial charge in [0.05, 0.1) is 17.6 Å². The molecule has 0 radical (unpaired) electrons. The highest BCUT2D eigenvalue weighted by atomic mass is 16.2. The summed E-state index contributed by atoms with van der Waals surface area (Å²) in [5, 5.41) is 2.92. The van der Waals surface area contributed by atoms with Crippen molar-refractivity contribution in [1.29, 1.82) is 0 Å². The minimum Gasteiger partial charge on any atom is -0.355 e. The van der Waals surface area contributed by atoms with Gasteiger partial charge in [-0.05, 0) is 31.4 Å². The van der Waals surface area contributed by atoms with Crippen LogP contribution < -0.4 is 5.32 Å². The maximum atomic E-state index is 12.1. The number of hydrogen-bond donors (Lipinski definition) is 2. The van der Waals surface area contributed by atoms with Gasteiger partial charge in [-0.2, -0.15) is 0 Å². The lowest BCUT2D eigenvalue weighted by molar-refractivity contribution is -0.136. The second-order valence-electron chi connectivity index (χ2n) is 6.63. The van der Waals surface area contributed by atoms with Crippen LogP contribution >= 0.6 is 0 Å². The van der Waals surface area contributed by atoms with E-state index in [-0.39, 0.29) is 18.4 Å². The van der Waals surface area contributed by atoms with Crippen LogP contribution in [0.5, 0.6) is 0 Å². The second-order valence-corrected chi connectivity index (χ2v) is 6.63. The first-order chi connectivity index (χ1) is 12.2. The number of carbonyl (C=O) groups excluding carboxylic acids is 2. The van der Waals surface area contributed by atoms with Gasteiger partial charge >= 0.3 is 0 Å². The summed E-state index contributed by atoms with van der Waals surface area (Å²) in [5.74, 6) is 0.977. The lowest BCUT2D eigenvalue weighted by Gasteiger charge is -2.24. The molecule has 1 fully saturated rings. The number of aromatic amines is 1. The number of amides is 2. The second kappa shape index (κ2) is 8.65. The van der Waals surface area contributed by atoms with Gasteiger partial charge in [0.25, 0.3) is 0 Å². The molecule has 1 aliphatic heterocycles. The van der Waals surface area contributed by atoms with Crippen LogP contribution in [0.25, 0.3) is 11.0 Å². The van der Waals surface area contributed by atoms with E-state index in [4.69, 9.17) is 0 Å². The van der Waals surface area contributed by atoms with Crippen molar-refractivity contribution in [2.24, 2.45) is 0 Å². The summed E-state index contributed by atoms with van der Waals surface area (Å²) in [6.07, 6.45) is 6.37. The van der Waals surface area contributed by atoms with Crippen LogP contribution in [-0.4, -0.2) is 46.3 Å². The molecule has 2 heterocycles. The van der Waals surface area contributed by atoms with Crippen molar-refractivity contribution in [3.8, 4) is 0 Å². The first kappa shape index (κ1) is 17.5. The van der Waals surface area contributed by atoms with Gasteiger partial charge in [-0.25, -0.2) is 4.98 Å². The topological polar surface area (TPSA) is 78.1 Å². The van der Waals surface area contributed by atoms with E-state index in [1.165, 1.54) is 0 Å². The molecule has 3 rings (SSSR count). The molecule has 134 valence electrons. The molecule has 2 N–H and O–H groups in total. The van der Waals surface area contributed by atoms with Gasteiger partial charge in [-0.3, -0.25) is 9.59 Å². The minimum absolute atomic E-state index is 0.0708. The van der Waals surface area contributed by atoms with Crippen molar-refractivity contribution in [1.82, 2.24) is 20.2 Å². The van der Waals surface area contributed by atoms with Gasteiger partial charge < -0.3 is 15.2 Å². The average Bonchev–Trinajstić information content (AvgIpc) is 3.01. The Labute approximate surface area is 148 Å². The zero-order valence-electron chi connectivity index (χ0n) is 14.6. The number of aryl methyl sites for hydroxylation is 1. The maximum Gasteiger partial charge on any atom is 0.239 e. The Morgan fingerprint density at radius 3 is 2.92 bits per heavy atom. The molecule has 0 bridgehead atoms. The van der Waals surface area contributed by atoms with Crippen molar-refractivity contribution in [3.63, 3.8) is 0 Å². The molecular formula is C19H26N4O2. The Kier molecular flexibility index (Phi) is 6.04. The number of nitrogens with one attached hydrogen (secondary N) is 2. The molecule has 1 aromatic carbocycles. The number of imidazole rings is 1. The highest BCUT2D eigenvalue weighted by Crippen LogP contribution is 2.12. The Bertz CT molecular complexity index is 692. The number of likely N-dealkylation sites (tertiary alicyclic amines) is 1. The molecule has 1 aliphatic rings. The number of carbonyl (C=O) groups is 2. The first-order valence-electron chi connectivity index (χ1n) is 9.20. The van der Waals surface area contributed by atoms with E-state index >= 15 is 0 Å². The highest BCUT2D eigenvalue weighted by molar-refractivity contribution is 5.84. The Balaban J connectivity index is 1.39. The van der Waals surface area contributed by atoms with Crippen molar-refractivity contribution < 1.29 is 9.59 Å². The lowest BCUT2D eigenvalue weighted by Crippen LogP contribution is -2.41. The molecule has 0 saturated carbocycles. The fraction of sp³-hybridized carbons (Fsp3) is 0.526. The third kappa shape index (κ3) is 5.05. The maximum absolute atomic E-state index is 12.1. The third-order valence-corrected chi connectivity index (χ3v) is 4.61. The summed E-state index contributed by atoms with van der Waals surface area (Å²) in [6, 6.07) is 7.95. The molecule has 6 nitrogen and oxygen atoms in total. The van der Waals surface area contributed by atoms with Crippen molar-refractivity contribution in [2.45, 2.75) is 44.9 Å². The average molecular weight is 342 g/mol. The molecule has 0 spiro atoms. The standard InChI is InChI=1S/C19H26N4O2/c24-18(14-23-13-6-2-1-3-11-19(23)25)20-12-7-10-17-21-15-8-4-5-9-16(15)22-17/h4-5,8-9H,1-3,6-7,10-14H2,(H,20,24)(H,21,22). The van der Waals surface area contributed by atoms with Gasteiger partial charge in [0, 0.05) is 25.9 Å². The van der Waals surface area contributed by atoms with Crippen LogP contribution in [0.2, 0.25) is 0 Å². The summed E-state index contributed by atoms with van der Waals surface area (Å²) in [7, 11) is 0. The third-order valence-electron chi connectivity index (χ3n) is 4.61. The molecule has 0 unspecified atom stereocenters. The zero-order chi connectivity index (χ0) is 17.5. The van der Waals surface area contributed by atoms with Gasteiger partial charge in [0.1, 0.15) is 5.82 Å². The molecule has 2 aromatic rings. The Morgan fingerprint density at radius 1 is 1.20 bits per heavy atom. The summed E-state index contributed by atoms with van der Waals surface area (Å²) >= 11 is 0. The fourth-order valence-electron chi connectivity index (χ4n) is 3.22. The quantitative estimate of drug-likeness (QED) is 0.791. The molecule has 0 atom stereocenters. The van der Waals surface area contributed by atoms with Crippen LogP contribution in [-0.2, 0) is 16.0 Å². The molecule has 1 saturated heterocycles. The highest BCUT2D eigenvalue weighted by Gasteiger charge is 2.18. The number of aromatic nitrogens is 2. The first-order valence-corrected chi connectivity index (χ1v) is 9.20. The lowest BCUT2D eigenvalue weighted by atomic mass is 10.1. The van der Waals surface area contributed by atoms with Crippen LogP contribution in [0, 0.1) is 0 Å². The number of nitrogens with zero attached hydrogens (tertiary/aromatic N) is 2. The zero-order valence-corrected chi connectivity index (χ0v) is 14.6. The van der Waals surface area contributed by atoms with E-state index in [0.717, 1.165) is 55.4 Å². The summed E-state index contributed by atoms with van der Waals surface area (Å²) in [5.41, 5.74) is 2.01. The molecule has 25 heavy (non-hydrogen) atoms. The molecular weight excluding hydrogens is 316 g/mol. The summed E-state index contributed by atoms with van der Waals surface area (Å²) in [4.78, 5) is 33.6. The number of para-hydroxylation sites is 2. The molecule has 0 aliphatic carbocycles. The van der Waals surface area contributed by atoms with E-state index in [9.17, 15) is 9.59 Å². The van der Waals surface area contributed by atoms with E-state index in [1.807, 2.05) is 24.3 Å². The van der Waals surface area contributed by atoms with E-state index < -0.39 is 0 Å². The van der Waals surface area contributed by atoms with E-state index in [2.05, 4.69) is 15.3 Å².